The summed E-state index contributed by atoms with van der Waals surface area (Å²) in [6, 6.07) is 6.83. The first-order chi connectivity index (χ1) is 8.22. The summed E-state index contributed by atoms with van der Waals surface area (Å²) in [7, 11) is 0. The number of benzene rings is 1. The van der Waals surface area contributed by atoms with Gasteiger partial charge in [0.05, 0.1) is 0 Å². The summed E-state index contributed by atoms with van der Waals surface area (Å²) in [5.74, 6) is 0.148. The van der Waals surface area contributed by atoms with Gasteiger partial charge in [0.25, 0.3) is 0 Å². The Labute approximate surface area is 101 Å². The number of phenolic OH excluding ortho intramolecular Hbond substituents is 1. The number of hydrazine groups is 1. The van der Waals surface area contributed by atoms with Crippen LogP contribution in [0.3, 0.4) is 0 Å². The number of hydrogen-bond donors (Lipinski definition) is 3. The van der Waals surface area contributed by atoms with E-state index in [4.69, 9.17) is 9.84 Å². The fourth-order valence-corrected chi connectivity index (χ4v) is 1.27. The minimum absolute atomic E-state index is 0.0854. The van der Waals surface area contributed by atoms with Gasteiger partial charge in [-0.15, -0.1) is 0 Å². The van der Waals surface area contributed by atoms with Crippen molar-refractivity contribution in [2.45, 2.75) is 19.8 Å². The molecule has 5 nitrogen and oxygen atoms in total. The first-order valence-corrected chi connectivity index (χ1v) is 5.59. The summed E-state index contributed by atoms with van der Waals surface area (Å²) in [5, 5.41) is 9.10. The summed E-state index contributed by atoms with van der Waals surface area (Å²) in [6.45, 7) is 2.80. The van der Waals surface area contributed by atoms with E-state index in [0.717, 1.165) is 5.56 Å². The highest BCUT2D eigenvalue weighted by Gasteiger charge is 2.01. The van der Waals surface area contributed by atoms with E-state index < -0.39 is 0 Å². The van der Waals surface area contributed by atoms with E-state index in [1.54, 1.807) is 24.3 Å². The zero-order valence-electron chi connectivity index (χ0n) is 9.90. The van der Waals surface area contributed by atoms with Crippen molar-refractivity contribution < 1.29 is 14.6 Å². The van der Waals surface area contributed by atoms with Crippen LogP contribution in [0.4, 0.5) is 0 Å². The molecule has 0 spiro atoms. The van der Waals surface area contributed by atoms with Gasteiger partial charge >= 0.3 is 0 Å². The molecule has 0 aliphatic rings. The van der Waals surface area contributed by atoms with Crippen molar-refractivity contribution in [1.29, 1.82) is 0 Å². The molecule has 1 rings (SSSR count). The molecule has 0 bridgehead atoms. The average molecular weight is 238 g/mol. The maximum atomic E-state index is 11.4. The molecule has 0 saturated heterocycles. The first kappa shape index (κ1) is 13.5. The van der Waals surface area contributed by atoms with Crippen molar-refractivity contribution in [2.75, 3.05) is 13.3 Å². The molecular formula is C12H18N2O3. The lowest BCUT2D eigenvalue weighted by molar-refractivity contribution is -0.122. The van der Waals surface area contributed by atoms with Crippen molar-refractivity contribution >= 4 is 5.91 Å². The minimum Gasteiger partial charge on any atom is -0.508 e. The lowest BCUT2D eigenvalue weighted by Gasteiger charge is -2.07. The third-order valence-corrected chi connectivity index (χ3v) is 2.18. The second-order valence-electron chi connectivity index (χ2n) is 3.53. The predicted octanol–water partition coefficient (Wildman–Crippen LogP) is 0.940. The highest BCUT2D eigenvalue weighted by Crippen LogP contribution is 2.10. The van der Waals surface area contributed by atoms with Crippen molar-refractivity contribution in [3.63, 3.8) is 0 Å². The molecule has 17 heavy (non-hydrogen) atoms. The molecule has 1 amide bonds. The Morgan fingerprint density at radius 1 is 1.35 bits per heavy atom. The molecule has 1 aromatic rings. The van der Waals surface area contributed by atoms with E-state index in [1.807, 2.05) is 6.92 Å². The largest absolute Gasteiger partial charge is 0.508 e. The maximum absolute atomic E-state index is 11.4. The lowest BCUT2D eigenvalue weighted by Crippen LogP contribution is -2.38. The molecule has 0 heterocycles. The van der Waals surface area contributed by atoms with Crippen LogP contribution in [0.15, 0.2) is 24.3 Å². The van der Waals surface area contributed by atoms with Gasteiger partial charge in [-0.3, -0.25) is 10.2 Å². The van der Waals surface area contributed by atoms with E-state index in [-0.39, 0.29) is 11.7 Å². The van der Waals surface area contributed by atoms with Gasteiger partial charge in [-0.25, -0.2) is 5.43 Å². The molecule has 0 fully saturated rings. The number of aromatic hydroxyl groups is 1. The van der Waals surface area contributed by atoms with Crippen LogP contribution in [0, 0.1) is 0 Å². The number of carbonyl (C=O) groups is 1. The predicted molar refractivity (Wildman–Crippen MR) is 64.2 cm³/mol. The summed E-state index contributed by atoms with van der Waals surface area (Å²) >= 11 is 0. The van der Waals surface area contributed by atoms with E-state index in [1.165, 1.54) is 0 Å². The maximum Gasteiger partial charge on any atom is 0.234 e. The highest BCUT2D eigenvalue weighted by molar-refractivity contribution is 5.75. The van der Waals surface area contributed by atoms with Crippen LogP contribution in [0.25, 0.3) is 0 Å². The highest BCUT2D eigenvalue weighted by atomic mass is 16.5. The Morgan fingerprint density at radius 2 is 2.06 bits per heavy atom. The molecule has 1 aromatic carbocycles. The number of nitrogens with one attached hydrogen (secondary N) is 2. The second-order valence-corrected chi connectivity index (χ2v) is 3.53. The SMILES string of the molecule is CCOCNNC(=O)CCc1ccc(O)cc1. The van der Waals surface area contributed by atoms with Crippen molar-refractivity contribution in [2.24, 2.45) is 0 Å². The van der Waals surface area contributed by atoms with Crippen molar-refractivity contribution in [3.8, 4) is 5.75 Å². The Balaban J connectivity index is 2.17. The molecule has 0 saturated carbocycles. The van der Waals surface area contributed by atoms with Gasteiger partial charge in [-0.2, -0.15) is 0 Å². The van der Waals surface area contributed by atoms with Gasteiger partial charge in [-0.1, -0.05) is 12.1 Å². The molecule has 5 heteroatoms. The normalized spacial score (nSPS) is 10.2. The van der Waals surface area contributed by atoms with Gasteiger partial charge in [0.1, 0.15) is 12.5 Å². The van der Waals surface area contributed by atoms with Gasteiger partial charge in [0.15, 0.2) is 0 Å². The number of ether oxygens (including phenoxy) is 1. The molecule has 94 valence electrons. The number of carbonyl (C=O) groups excluding carboxylic acids is 1. The molecular weight excluding hydrogens is 220 g/mol. The first-order valence-electron chi connectivity index (χ1n) is 5.59. The zero-order valence-corrected chi connectivity index (χ0v) is 9.90. The van der Waals surface area contributed by atoms with Crippen LogP contribution in [0.5, 0.6) is 5.75 Å². The van der Waals surface area contributed by atoms with E-state index >= 15 is 0 Å². The minimum atomic E-state index is -0.0854. The standard InChI is InChI=1S/C12H18N2O3/c1-2-17-9-13-14-12(16)8-5-10-3-6-11(15)7-4-10/h3-4,6-7,13,15H,2,5,8-9H2,1H3,(H,14,16). The summed E-state index contributed by atoms with van der Waals surface area (Å²) in [4.78, 5) is 11.4. The Kier molecular flexibility index (Phi) is 6.06. The third-order valence-electron chi connectivity index (χ3n) is 2.18. The topological polar surface area (TPSA) is 70.6 Å². The van der Waals surface area contributed by atoms with Crippen LogP contribution in [0.2, 0.25) is 0 Å². The number of amides is 1. The van der Waals surface area contributed by atoms with Gasteiger partial charge in [0, 0.05) is 13.0 Å². The molecule has 0 unspecified atom stereocenters. The average Bonchev–Trinajstić information content (AvgIpc) is 2.34. The Morgan fingerprint density at radius 3 is 2.71 bits per heavy atom. The Hall–Kier alpha value is -1.59. The van der Waals surface area contributed by atoms with Crippen LogP contribution >= 0.6 is 0 Å². The summed E-state index contributed by atoms with van der Waals surface area (Å²) in [6.07, 6.45) is 1.03. The van der Waals surface area contributed by atoms with Crippen LogP contribution < -0.4 is 10.9 Å². The van der Waals surface area contributed by atoms with Crippen molar-refractivity contribution in [1.82, 2.24) is 10.9 Å². The lowest BCUT2D eigenvalue weighted by atomic mass is 10.1. The van der Waals surface area contributed by atoms with Crippen LogP contribution in [-0.2, 0) is 16.0 Å². The molecule has 0 aliphatic carbocycles. The van der Waals surface area contributed by atoms with E-state index in [2.05, 4.69) is 10.9 Å². The third kappa shape index (κ3) is 5.89. The molecule has 0 aliphatic heterocycles. The zero-order chi connectivity index (χ0) is 12.5. The monoisotopic (exact) mass is 238 g/mol. The molecule has 3 N–H and O–H groups in total. The van der Waals surface area contributed by atoms with Gasteiger partial charge in [-0.05, 0) is 31.0 Å². The van der Waals surface area contributed by atoms with E-state index in [9.17, 15) is 4.79 Å². The molecule has 0 atom stereocenters. The van der Waals surface area contributed by atoms with Gasteiger partial charge in [0.2, 0.25) is 5.91 Å². The number of aryl methyl sites for hydroxylation is 1. The van der Waals surface area contributed by atoms with Crippen LogP contribution in [0.1, 0.15) is 18.9 Å². The fourth-order valence-electron chi connectivity index (χ4n) is 1.27. The quantitative estimate of drug-likeness (QED) is 0.375. The van der Waals surface area contributed by atoms with Crippen molar-refractivity contribution in [3.05, 3.63) is 29.8 Å². The van der Waals surface area contributed by atoms with E-state index in [0.29, 0.717) is 26.2 Å². The number of rotatable bonds is 7. The van der Waals surface area contributed by atoms with Crippen LogP contribution in [-0.4, -0.2) is 24.4 Å². The second kappa shape index (κ2) is 7.65. The molecule has 0 aromatic heterocycles. The fraction of sp³-hybridized carbons (Fsp3) is 0.417. The number of hydrogen-bond acceptors (Lipinski definition) is 4. The summed E-state index contributed by atoms with van der Waals surface area (Å²) < 4.78 is 5.01. The Bertz CT molecular complexity index is 338. The summed E-state index contributed by atoms with van der Waals surface area (Å²) in [5.41, 5.74) is 6.22. The number of phenols is 1. The molecule has 0 radical (unpaired) electrons. The smallest absolute Gasteiger partial charge is 0.234 e. The van der Waals surface area contributed by atoms with Gasteiger partial charge < -0.3 is 9.84 Å².